The highest BCUT2D eigenvalue weighted by atomic mass is 79.9. The first-order chi connectivity index (χ1) is 9.19. The van der Waals surface area contributed by atoms with Crippen molar-refractivity contribution in [1.29, 1.82) is 0 Å². The summed E-state index contributed by atoms with van der Waals surface area (Å²) in [5.74, 6) is -0.186. The zero-order valence-corrected chi connectivity index (χ0v) is 12.5. The molecule has 1 spiro atoms. The summed E-state index contributed by atoms with van der Waals surface area (Å²) in [4.78, 5) is 0. The van der Waals surface area contributed by atoms with Crippen LogP contribution in [0.15, 0.2) is 22.7 Å². The number of nitrogens with one attached hydrogen (secondary N) is 1. The largest absolute Gasteiger partial charge is 0.370 e. The molecule has 1 saturated heterocycles. The van der Waals surface area contributed by atoms with E-state index in [0.29, 0.717) is 18.7 Å². The SMILES string of the molecule is Fc1ccc(Br)cc1C1CNC2(CCCCC2)CO1. The summed E-state index contributed by atoms with van der Waals surface area (Å²) >= 11 is 3.39. The molecule has 1 aromatic carbocycles. The molecule has 0 bridgehead atoms. The molecule has 3 rings (SSSR count). The molecule has 1 aliphatic heterocycles. The molecule has 1 saturated carbocycles. The van der Waals surface area contributed by atoms with Crippen LogP contribution in [-0.2, 0) is 4.74 Å². The Kier molecular flexibility index (Phi) is 3.92. The zero-order valence-electron chi connectivity index (χ0n) is 10.9. The van der Waals surface area contributed by atoms with Crippen LogP contribution in [0.25, 0.3) is 0 Å². The number of morpholine rings is 1. The molecular weight excluding hydrogens is 309 g/mol. The van der Waals surface area contributed by atoms with E-state index in [4.69, 9.17) is 4.74 Å². The van der Waals surface area contributed by atoms with Gasteiger partial charge in [-0.3, -0.25) is 0 Å². The average molecular weight is 328 g/mol. The Bertz CT molecular complexity index is 449. The Balaban J connectivity index is 1.71. The molecule has 0 amide bonds. The van der Waals surface area contributed by atoms with Crippen molar-refractivity contribution < 1.29 is 9.13 Å². The van der Waals surface area contributed by atoms with Crippen molar-refractivity contribution in [2.45, 2.75) is 43.7 Å². The van der Waals surface area contributed by atoms with E-state index < -0.39 is 0 Å². The van der Waals surface area contributed by atoms with Crippen molar-refractivity contribution in [2.24, 2.45) is 0 Å². The van der Waals surface area contributed by atoms with E-state index in [0.717, 1.165) is 4.47 Å². The second-order valence-electron chi connectivity index (χ2n) is 5.69. The fraction of sp³-hybridized carbons (Fsp3) is 0.600. The third kappa shape index (κ3) is 2.86. The molecule has 2 aliphatic rings. The molecule has 1 heterocycles. The van der Waals surface area contributed by atoms with Crippen LogP contribution in [0.4, 0.5) is 4.39 Å². The smallest absolute Gasteiger partial charge is 0.129 e. The number of halogens is 2. The van der Waals surface area contributed by atoms with Gasteiger partial charge in [0, 0.05) is 22.1 Å². The van der Waals surface area contributed by atoms with Gasteiger partial charge in [0.15, 0.2) is 0 Å². The number of ether oxygens (including phenoxy) is 1. The van der Waals surface area contributed by atoms with Gasteiger partial charge in [-0.05, 0) is 31.0 Å². The lowest BCUT2D eigenvalue weighted by molar-refractivity contribution is -0.0480. The molecule has 1 aromatic rings. The second-order valence-corrected chi connectivity index (χ2v) is 6.60. The van der Waals surface area contributed by atoms with Gasteiger partial charge < -0.3 is 10.1 Å². The number of benzene rings is 1. The van der Waals surface area contributed by atoms with Crippen LogP contribution in [0, 0.1) is 5.82 Å². The Morgan fingerprint density at radius 1 is 1.26 bits per heavy atom. The Morgan fingerprint density at radius 2 is 2.05 bits per heavy atom. The summed E-state index contributed by atoms with van der Waals surface area (Å²) in [5.41, 5.74) is 0.796. The van der Waals surface area contributed by atoms with Gasteiger partial charge in [0.25, 0.3) is 0 Å². The van der Waals surface area contributed by atoms with Gasteiger partial charge in [-0.25, -0.2) is 4.39 Å². The molecule has 1 N–H and O–H groups in total. The van der Waals surface area contributed by atoms with Crippen molar-refractivity contribution in [3.05, 3.63) is 34.1 Å². The normalized spacial score (nSPS) is 26.5. The molecule has 4 heteroatoms. The zero-order chi connectivity index (χ0) is 13.3. The Morgan fingerprint density at radius 3 is 2.74 bits per heavy atom. The maximum absolute atomic E-state index is 13.9. The topological polar surface area (TPSA) is 21.3 Å². The molecule has 1 aliphatic carbocycles. The van der Waals surface area contributed by atoms with Gasteiger partial charge in [0.2, 0.25) is 0 Å². The first kappa shape index (κ1) is 13.5. The van der Waals surface area contributed by atoms with E-state index in [-0.39, 0.29) is 17.5 Å². The molecule has 104 valence electrons. The highest BCUT2D eigenvalue weighted by Crippen LogP contribution is 2.34. The van der Waals surface area contributed by atoms with Gasteiger partial charge >= 0.3 is 0 Å². The van der Waals surface area contributed by atoms with Crippen molar-refractivity contribution in [3.8, 4) is 0 Å². The third-order valence-electron chi connectivity index (χ3n) is 4.34. The van der Waals surface area contributed by atoms with Gasteiger partial charge in [-0.1, -0.05) is 35.2 Å². The Labute approximate surface area is 121 Å². The van der Waals surface area contributed by atoms with E-state index >= 15 is 0 Å². The molecule has 0 radical (unpaired) electrons. The highest BCUT2D eigenvalue weighted by molar-refractivity contribution is 9.10. The minimum absolute atomic E-state index is 0.150. The highest BCUT2D eigenvalue weighted by Gasteiger charge is 2.37. The lowest BCUT2D eigenvalue weighted by Crippen LogP contribution is -2.55. The van der Waals surface area contributed by atoms with Crippen LogP contribution in [0.5, 0.6) is 0 Å². The third-order valence-corrected chi connectivity index (χ3v) is 4.83. The van der Waals surface area contributed by atoms with E-state index in [1.807, 2.05) is 6.07 Å². The van der Waals surface area contributed by atoms with Crippen molar-refractivity contribution in [1.82, 2.24) is 5.32 Å². The fourth-order valence-corrected chi connectivity index (χ4v) is 3.57. The lowest BCUT2D eigenvalue weighted by atomic mass is 9.81. The maximum Gasteiger partial charge on any atom is 0.129 e. The minimum Gasteiger partial charge on any atom is -0.370 e. The summed E-state index contributed by atoms with van der Waals surface area (Å²) in [6.45, 7) is 1.40. The molecule has 0 aromatic heterocycles. The minimum atomic E-state index is -0.186. The monoisotopic (exact) mass is 327 g/mol. The standard InChI is InChI=1S/C15H19BrFNO/c16-11-4-5-13(17)12(8-11)14-9-18-15(10-19-14)6-2-1-3-7-15/h4-5,8,14,18H,1-3,6-7,9-10H2. The average Bonchev–Trinajstić information content (AvgIpc) is 2.44. The van der Waals surface area contributed by atoms with Crippen LogP contribution in [0.1, 0.15) is 43.8 Å². The number of rotatable bonds is 1. The maximum atomic E-state index is 13.9. The molecule has 19 heavy (non-hydrogen) atoms. The summed E-state index contributed by atoms with van der Waals surface area (Å²) in [7, 11) is 0. The first-order valence-corrected chi connectivity index (χ1v) is 7.79. The van der Waals surface area contributed by atoms with Crippen LogP contribution in [0.2, 0.25) is 0 Å². The van der Waals surface area contributed by atoms with Gasteiger partial charge in [0.05, 0.1) is 12.7 Å². The molecule has 1 unspecified atom stereocenters. The van der Waals surface area contributed by atoms with Crippen molar-refractivity contribution in [3.63, 3.8) is 0 Å². The molecule has 1 atom stereocenters. The summed E-state index contributed by atoms with van der Waals surface area (Å²) in [6, 6.07) is 5.03. The summed E-state index contributed by atoms with van der Waals surface area (Å²) in [6.07, 6.45) is 6.05. The van der Waals surface area contributed by atoms with Crippen molar-refractivity contribution in [2.75, 3.05) is 13.2 Å². The van der Waals surface area contributed by atoms with Crippen LogP contribution >= 0.6 is 15.9 Å². The fourth-order valence-electron chi connectivity index (χ4n) is 3.19. The number of hydrogen-bond donors (Lipinski definition) is 1. The molecule has 2 fully saturated rings. The van der Waals surface area contributed by atoms with Crippen molar-refractivity contribution >= 4 is 15.9 Å². The molecule has 2 nitrogen and oxygen atoms in total. The Hall–Kier alpha value is -0.450. The first-order valence-electron chi connectivity index (χ1n) is 7.00. The lowest BCUT2D eigenvalue weighted by Gasteiger charge is -2.43. The van der Waals surface area contributed by atoms with Crippen LogP contribution in [0.3, 0.4) is 0 Å². The van der Waals surface area contributed by atoms with E-state index in [2.05, 4.69) is 21.2 Å². The van der Waals surface area contributed by atoms with Crippen LogP contribution in [-0.4, -0.2) is 18.7 Å². The van der Waals surface area contributed by atoms with Crippen LogP contribution < -0.4 is 5.32 Å². The second kappa shape index (κ2) is 5.51. The van der Waals surface area contributed by atoms with Gasteiger partial charge in [-0.2, -0.15) is 0 Å². The number of hydrogen-bond acceptors (Lipinski definition) is 2. The quantitative estimate of drug-likeness (QED) is 0.843. The summed E-state index contributed by atoms with van der Waals surface area (Å²) < 4.78 is 20.7. The predicted octanol–water partition coefficient (Wildman–Crippen LogP) is 3.95. The van der Waals surface area contributed by atoms with Gasteiger partial charge in [0.1, 0.15) is 5.82 Å². The van der Waals surface area contributed by atoms with E-state index in [9.17, 15) is 4.39 Å². The van der Waals surface area contributed by atoms with E-state index in [1.54, 1.807) is 6.07 Å². The summed E-state index contributed by atoms with van der Waals surface area (Å²) in [5, 5.41) is 3.62. The predicted molar refractivity (Wildman–Crippen MR) is 76.6 cm³/mol. The molecular formula is C15H19BrFNO. The van der Waals surface area contributed by atoms with E-state index in [1.165, 1.54) is 38.2 Å². The van der Waals surface area contributed by atoms with Gasteiger partial charge in [-0.15, -0.1) is 0 Å².